The Hall–Kier alpha value is -1.75. The van der Waals surface area contributed by atoms with Gasteiger partial charge in [0, 0.05) is 6.04 Å². The van der Waals surface area contributed by atoms with Crippen LogP contribution < -0.4 is 15.4 Å². The summed E-state index contributed by atoms with van der Waals surface area (Å²) in [6, 6.07) is 8.17. The summed E-state index contributed by atoms with van der Waals surface area (Å²) in [7, 11) is 1.92. The molecular formula is C13H18N2O3. The minimum absolute atomic E-state index is 0.206. The van der Waals surface area contributed by atoms with Gasteiger partial charge >= 0.3 is 6.09 Å². The molecule has 1 heterocycles. The number of cyclic esters (lactones) is 1. The van der Waals surface area contributed by atoms with Gasteiger partial charge in [0.05, 0.1) is 6.54 Å². The van der Waals surface area contributed by atoms with E-state index in [0.29, 0.717) is 13.2 Å². The van der Waals surface area contributed by atoms with E-state index < -0.39 is 0 Å². The van der Waals surface area contributed by atoms with Gasteiger partial charge in [-0.15, -0.1) is 0 Å². The van der Waals surface area contributed by atoms with Gasteiger partial charge in [0.15, 0.2) is 6.10 Å². The van der Waals surface area contributed by atoms with Gasteiger partial charge in [-0.25, -0.2) is 4.79 Å². The third kappa shape index (κ3) is 3.13. The molecule has 1 aliphatic heterocycles. The molecule has 2 rings (SSSR count). The topological polar surface area (TPSA) is 59.6 Å². The summed E-state index contributed by atoms with van der Waals surface area (Å²) >= 11 is 0. The number of ether oxygens (including phenoxy) is 2. The molecule has 2 unspecified atom stereocenters. The lowest BCUT2D eigenvalue weighted by atomic mass is 10.1. The molecule has 0 bridgehead atoms. The van der Waals surface area contributed by atoms with Gasteiger partial charge in [0.2, 0.25) is 0 Å². The normalized spacial score (nSPS) is 20.1. The highest BCUT2D eigenvalue weighted by Crippen LogP contribution is 2.19. The van der Waals surface area contributed by atoms with E-state index in [2.05, 4.69) is 17.6 Å². The molecule has 0 spiro atoms. The molecule has 1 aliphatic rings. The van der Waals surface area contributed by atoms with Crippen molar-refractivity contribution in [3.05, 3.63) is 29.8 Å². The molecule has 5 heteroatoms. The molecule has 5 nitrogen and oxygen atoms in total. The summed E-state index contributed by atoms with van der Waals surface area (Å²) in [5.74, 6) is 0.789. The van der Waals surface area contributed by atoms with Crippen LogP contribution in [0.1, 0.15) is 18.5 Å². The summed E-state index contributed by atoms with van der Waals surface area (Å²) < 4.78 is 10.6. The van der Waals surface area contributed by atoms with Crippen molar-refractivity contribution in [2.75, 3.05) is 20.2 Å². The van der Waals surface area contributed by atoms with E-state index >= 15 is 0 Å². The van der Waals surface area contributed by atoms with E-state index in [-0.39, 0.29) is 18.2 Å². The minimum Gasteiger partial charge on any atom is -0.490 e. The molecule has 98 valence electrons. The number of amides is 1. The van der Waals surface area contributed by atoms with Gasteiger partial charge < -0.3 is 20.1 Å². The lowest BCUT2D eigenvalue weighted by Gasteiger charge is -2.14. The first-order chi connectivity index (χ1) is 8.69. The van der Waals surface area contributed by atoms with Crippen molar-refractivity contribution < 1.29 is 14.3 Å². The van der Waals surface area contributed by atoms with Crippen LogP contribution in [0.25, 0.3) is 0 Å². The summed E-state index contributed by atoms with van der Waals surface area (Å²) in [5.41, 5.74) is 1.16. The molecule has 1 aromatic carbocycles. The highest BCUT2D eigenvalue weighted by Gasteiger charge is 2.22. The second-order valence-corrected chi connectivity index (χ2v) is 4.30. The van der Waals surface area contributed by atoms with Gasteiger partial charge in [0.25, 0.3) is 0 Å². The Labute approximate surface area is 106 Å². The smallest absolute Gasteiger partial charge is 0.407 e. The molecular weight excluding hydrogens is 232 g/mol. The van der Waals surface area contributed by atoms with Gasteiger partial charge in [-0.05, 0) is 31.7 Å². The van der Waals surface area contributed by atoms with Crippen molar-refractivity contribution in [1.29, 1.82) is 0 Å². The van der Waals surface area contributed by atoms with Crippen LogP contribution in [0, 0.1) is 0 Å². The van der Waals surface area contributed by atoms with E-state index in [0.717, 1.165) is 11.3 Å². The molecule has 2 N–H and O–H groups in total. The fraction of sp³-hybridized carbons (Fsp3) is 0.462. The predicted octanol–water partition coefficient (Wildman–Crippen LogP) is 1.45. The third-order valence-electron chi connectivity index (χ3n) is 2.97. The summed E-state index contributed by atoms with van der Waals surface area (Å²) in [4.78, 5) is 10.8. The Morgan fingerprint density at radius 3 is 3.11 bits per heavy atom. The Morgan fingerprint density at radius 1 is 1.61 bits per heavy atom. The fourth-order valence-electron chi connectivity index (χ4n) is 1.75. The van der Waals surface area contributed by atoms with Crippen LogP contribution in [0.15, 0.2) is 24.3 Å². The van der Waals surface area contributed by atoms with Crippen molar-refractivity contribution in [1.82, 2.24) is 10.6 Å². The van der Waals surface area contributed by atoms with Crippen LogP contribution in [0.5, 0.6) is 5.75 Å². The molecule has 18 heavy (non-hydrogen) atoms. The lowest BCUT2D eigenvalue weighted by molar-refractivity contribution is 0.105. The van der Waals surface area contributed by atoms with E-state index in [9.17, 15) is 4.79 Å². The number of hydrogen-bond acceptors (Lipinski definition) is 4. The minimum atomic E-state index is -0.374. The van der Waals surface area contributed by atoms with Gasteiger partial charge in [-0.2, -0.15) is 0 Å². The predicted molar refractivity (Wildman–Crippen MR) is 67.7 cm³/mol. The fourth-order valence-corrected chi connectivity index (χ4v) is 1.75. The number of nitrogens with one attached hydrogen (secondary N) is 2. The Kier molecular flexibility index (Phi) is 4.04. The van der Waals surface area contributed by atoms with Crippen molar-refractivity contribution >= 4 is 6.09 Å². The first-order valence-corrected chi connectivity index (χ1v) is 6.03. The quantitative estimate of drug-likeness (QED) is 0.830. The van der Waals surface area contributed by atoms with Crippen LogP contribution in [0.3, 0.4) is 0 Å². The largest absolute Gasteiger partial charge is 0.490 e. The van der Waals surface area contributed by atoms with E-state index in [1.165, 1.54) is 0 Å². The maximum atomic E-state index is 10.8. The van der Waals surface area contributed by atoms with Crippen molar-refractivity contribution in [3.8, 4) is 5.75 Å². The summed E-state index contributed by atoms with van der Waals surface area (Å²) in [6.07, 6.45) is -0.580. The zero-order valence-electron chi connectivity index (χ0n) is 10.6. The zero-order valence-corrected chi connectivity index (χ0v) is 10.6. The number of hydrogen-bond donors (Lipinski definition) is 2. The molecule has 0 radical (unpaired) electrons. The highest BCUT2D eigenvalue weighted by molar-refractivity contribution is 5.69. The Bertz CT molecular complexity index is 422. The molecule has 1 amide bonds. The maximum Gasteiger partial charge on any atom is 0.407 e. The standard InChI is InChI=1S/C13H18N2O3/c1-9(14-2)10-4-3-5-11(6-10)17-8-12-7-15-13(16)18-12/h3-6,9,12,14H,7-8H2,1-2H3,(H,15,16). The van der Waals surface area contributed by atoms with Crippen molar-refractivity contribution in [2.24, 2.45) is 0 Å². The maximum absolute atomic E-state index is 10.8. The Morgan fingerprint density at radius 2 is 2.44 bits per heavy atom. The van der Waals surface area contributed by atoms with Crippen LogP contribution in [0.2, 0.25) is 0 Å². The highest BCUT2D eigenvalue weighted by atomic mass is 16.6. The Balaban J connectivity index is 1.91. The molecule has 1 aromatic rings. The number of carbonyl (C=O) groups excluding carboxylic acids is 1. The van der Waals surface area contributed by atoms with E-state index in [1.54, 1.807) is 0 Å². The number of rotatable bonds is 5. The van der Waals surface area contributed by atoms with Gasteiger partial charge in [-0.3, -0.25) is 0 Å². The zero-order chi connectivity index (χ0) is 13.0. The van der Waals surface area contributed by atoms with Crippen LogP contribution >= 0.6 is 0 Å². The summed E-state index contributed by atoms with van der Waals surface area (Å²) in [6.45, 7) is 2.96. The van der Waals surface area contributed by atoms with Crippen LogP contribution in [0.4, 0.5) is 4.79 Å². The molecule has 1 saturated heterocycles. The number of alkyl carbamates (subject to hydrolysis) is 1. The molecule has 0 aliphatic carbocycles. The molecule has 0 aromatic heterocycles. The average Bonchev–Trinajstić information content (AvgIpc) is 2.81. The SMILES string of the molecule is CNC(C)c1cccc(OCC2CNC(=O)O2)c1. The molecule has 2 atom stereocenters. The first-order valence-electron chi connectivity index (χ1n) is 6.03. The van der Waals surface area contributed by atoms with Crippen molar-refractivity contribution in [2.45, 2.75) is 19.1 Å². The monoisotopic (exact) mass is 250 g/mol. The second kappa shape index (κ2) is 5.73. The average molecular weight is 250 g/mol. The van der Waals surface area contributed by atoms with Gasteiger partial charge in [0.1, 0.15) is 12.4 Å². The number of carbonyl (C=O) groups is 1. The van der Waals surface area contributed by atoms with Crippen LogP contribution in [-0.4, -0.2) is 32.4 Å². The second-order valence-electron chi connectivity index (χ2n) is 4.30. The summed E-state index contributed by atoms with van der Waals surface area (Å²) in [5, 5.41) is 5.77. The van der Waals surface area contributed by atoms with E-state index in [4.69, 9.17) is 9.47 Å². The molecule has 0 saturated carbocycles. The van der Waals surface area contributed by atoms with E-state index in [1.807, 2.05) is 31.3 Å². The lowest BCUT2D eigenvalue weighted by Crippen LogP contribution is -2.22. The first kappa shape index (κ1) is 12.7. The molecule has 1 fully saturated rings. The van der Waals surface area contributed by atoms with Crippen molar-refractivity contribution in [3.63, 3.8) is 0 Å². The number of benzene rings is 1. The van der Waals surface area contributed by atoms with Gasteiger partial charge in [-0.1, -0.05) is 12.1 Å². The van der Waals surface area contributed by atoms with Crippen LogP contribution in [-0.2, 0) is 4.74 Å². The third-order valence-corrected chi connectivity index (χ3v) is 2.97.